The molecule has 0 radical (unpaired) electrons. The van der Waals surface area contributed by atoms with Crippen LogP contribution in [0.1, 0.15) is 27.4 Å². The Kier molecular flexibility index (Phi) is 5.37. The summed E-state index contributed by atoms with van der Waals surface area (Å²) in [5.74, 6) is 5.19. The minimum Gasteiger partial charge on any atom is -0.469 e. The molecule has 0 aromatic carbocycles. The van der Waals surface area contributed by atoms with Crippen molar-refractivity contribution < 1.29 is 19.4 Å². The summed E-state index contributed by atoms with van der Waals surface area (Å²) in [6.07, 6.45) is 1.07. The van der Waals surface area contributed by atoms with Crippen molar-refractivity contribution >= 4 is 23.2 Å². The van der Waals surface area contributed by atoms with E-state index in [9.17, 15) is 9.59 Å². The predicted molar refractivity (Wildman–Crippen MR) is 78.9 cm³/mol. The summed E-state index contributed by atoms with van der Waals surface area (Å²) in [5.41, 5.74) is 0. The first kappa shape index (κ1) is 15.5. The van der Waals surface area contributed by atoms with Crippen molar-refractivity contribution in [3.05, 3.63) is 21.9 Å². The molecule has 1 unspecified atom stereocenters. The lowest BCUT2D eigenvalue weighted by Crippen LogP contribution is -2.29. The van der Waals surface area contributed by atoms with Gasteiger partial charge in [-0.05, 0) is 18.6 Å². The summed E-state index contributed by atoms with van der Waals surface area (Å²) in [7, 11) is 1.36. The molecule has 0 aliphatic carbocycles. The Morgan fingerprint density at radius 3 is 3.05 bits per heavy atom. The SMILES string of the molecule is COC(=O)C1CCN(C(=O)c2ccc(C#CCCO)s2)C1. The zero-order valence-corrected chi connectivity index (χ0v) is 12.6. The molecule has 2 heterocycles. The van der Waals surface area contributed by atoms with Crippen LogP contribution in [-0.2, 0) is 9.53 Å². The summed E-state index contributed by atoms with van der Waals surface area (Å²) < 4.78 is 4.71. The van der Waals surface area contributed by atoms with Crippen molar-refractivity contribution in [3.8, 4) is 11.8 Å². The average Bonchev–Trinajstić information content (AvgIpc) is 3.15. The van der Waals surface area contributed by atoms with E-state index in [1.54, 1.807) is 17.0 Å². The normalized spacial score (nSPS) is 17.2. The molecular formula is C15H17NO4S. The fourth-order valence-corrected chi connectivity index (χ4v) is 3.03. The number of thiophene rings is 1. The maximum Gasteiger partial charge on any atom is 0.310 e. The molecule has 1 atom stereocenters. The Morgan fingerprint density at radius 2 is 2.33 bits per heavy atom. The fourth-order valence-electron chi connectivity index (χ4n) is 2.19. The number of esters is 1. The number of hydrogen-bond donors (Lipinski definition) is 1. The quantitative estimate of drug-likeness (QED) is 0.671. The smallest absolute Gasteiger partial charge is 0.310 e. The Hall–Kier alpha value is -1.84. The van der Waals surface area contributed by atoms with Gasteiger partial charge in [-0.15, -0.1) is 11.3 Å². The van der Waals surface area contributed by atoms with E-state index >= 15 is 0 Å². The van der Waals surface area contributed by atoms with Gasteiger partial charge in [-0.3, -0.25) is 9.59 Å². The minimum absolute atomic E-state index is 0.0346. The third-order valence-electron chi connectivity index (χ3n) is 3.28. The molecule has 5 nitrogen and oxygen atoms in total. The number of likely N-dealkylation sites (tertiary alicyclic amines) is 1. The number of carbonyl (C=O) groups excluding carboxylic acids is 2. The van der Waals surface area contributed by atoms with Crippen molar-refractivity contribution in [1.29, 1.82) is 0 Å². The number of methoxy groups -OCH3 is 1. The molecule has 1 amide bonds. The molecule has 1 saturated heterocycles. The molecule has 1 N–H and O–H groups in total. The minimum atomic E-state index is -0.257. The van der Waals surface area contributed by atoms with Crippen molar-refractivity contribution in [2.24, 2.45) is 5.92 Å². The molecule has 1 aromatic rings. The lowest BCUT2D eigenvalue weighted by Gasteiger charge is -2.14. The van der Waals surface area contributed by atoms with Crippen LogP contribution in [0.2, 0.25) is 0 Å². The van der Waals surface area contributed by atoms with E-state index in [2.05, 4.69) is 11.8 Å². The van der Waals surface area contributed by atoms with Crippen LogP contribution in [0.3, 0.4) is 0 Å². The molecule has 0 spiro atoms. The maximum absolute atomic E-state index is 12.3. The fraction of sp³-hybridized carbons (Fsp3) is 0.467. The van der Waals surface area contributed by atoms with Crippen molar-refractivity contribution in [3.63, 3.8) is 0 Å². The first-order valence-electron chi connectivity index (χ1n) is 6.72. The molecule has 6 heteroatoms. The summed E-state index contributed by atoms with van der Waals surface area (Å²) in [6.45, 7) is 1.02. The summed E-state index contributed by atoms with van der Waals surface area (Å²) >= 11 is 1.33. The average molecular weight is 307 g/mol. The van der Waals surface area contributed by atoms with Gasteiger partial charge in [-0.2, -0.15) is 0 Å². The zero-order valence-electron chi connectivity index (χ0n) is 11.8. The second-order valence-corrected chi connectivity index (χ2v) is 5.78. The van der Waals surface area contributed by atoms with Crippen molar-refractivity contribution in [2.45, 2.75) is 12.8 Å². The standard InChI is InChI=1S/C15H17NO4S/c1-20-15(19)11-7-8-16(10-11)14(18)13-6-5-12(21-13)4-2-3-9-17/h5-6,11,17H,3,7-10H2,1H3. The van der Waals surface area contributed by atoms with Crippen molar-refractivity contribution in [2.75, 3.05) is 26.8 Å². The molecule has 1 aliphatic rings. The summed E-state index contributed by atoms with van der Waals surface area (Å²) in [6, 6.07) is 3.55. The van der Waals surface area contributed by atoms with E-state index in [-0.39, 0.29) is 24.4 Å². The number of aliphatic hydroxyl groups excluding tert-OH is 1. The van der Waals surface area contributed by atoms with Gasteiger partial charge in [0, 0.05) is 19.5 Å². The van der Waals surface area contributed by atoms with E-state index in [0.717, 1.165) is 4.88 Å². The Balaban J connectivity index is 1.98. The van der Waals surface area contributed by atoms with Crippen LogP contribution in [-0.4, -0.2) is 48.7 Å². The van der Waals surface area contributed by atoms with E-state index in [4.69, 9.17) is 9.84 Å². The van der Waals surface area contributed by atoms with Gasteiger partial charge in [0.25, 0.3) is 5.91 Å². The highest BCUT2D eigenvalue weighted by molar-refractivity contribution is 7.14. The van der Waals surface area contributed by atoms with Crippen LogP contribution >= 0.6 is 11.3 Å². The molecule has 1 fully saturated rings. The van der Waals surface area contributed by atoms with Gasteiger partial charge in [0.1, 0.15) is 0 Å². The Labute approximate surface area is 127 Å². The zero-order chi connectivity index (χ0) is 15.2. The van der Waals surface area contributed by atoms with Gasteiger partial charge in [0.15, 0.2) is 0 Å². The monoisotopic (exact) mass is 307 g/mol. The van der Waals surface area contributed by atoms with Gasteiger partial charge in [-0.1, -0.05) is 11.8 Å². The molecule has 0 saturated carbocycles. The number of carbonyl (C=O) groups is 2. The number of amides is 1. The topological polar surface area (TPSA) is 66.8 Å². The highest BCUT2D eigenvalue weighted by atomic mass is 32.1. The third-order valence-corrected chi connectivity index (χ3v) is 4.26. The number of aliphatic hydroxyl groups is 1. The number of hydrogen-bond acceptors (Lipinski definition) is 5. The number of rotatable bonds is 3. The second kappa shape index (κ2) is 7.25. The van der Waals surface area contributed by atoms with Crippen LogP contribution in [0.4, 0.5) is 0 Å². The molecule has 1 aromatic heterocycles. The van der Waals surface area contributed by atoms with E-state index in [1.165, 1.54) is 18.4 Å². The highest BCUT2D eigenvalue weighted by Gasteiger charge is 2.32. The van der Waals surface area contributed by atoms with Crippen LogP contribution in [0, 0.1) is 17.8 Å². The second-order valence-electron chi connectivity index (χ2n) is 4.70. The van der Waals surface area contributed by atoms with Gasteiger partial charge in [0.2, 0.25) is 0 Å². The lowest BCUT2D eigenvalue weighted by atomic mass is 10.1. The lowest BCUT2D eigenvalue weighted by molar-refractivity contribution is -0.144. The van der Waals surface area contributed by atoms with Crippen LogP contribution in [0.25, 0.3) is 0 Å². The van der Waals surface area contributed by atoms with E-state index in [0.29, 0.717) is 30.8 Å². The summed E-state index contributed by atoms with van der Waals surface area (Å²) in [4.78, 5) is 26.9. The van der Waals surface area contributed by atoms with Gasteiger partial charge in [-0.25, -0.2) is 0 Å². The van der Waals surface area contributed by atoms with Gasteiger partial charge in [0.05, 0.1) is 29.4 Å². The van der Waals surface area contributed by atoms with Crippen LogP contribution in [0.5, 0.6) is 0 Å². The van der Waals surface area contributed by atoms with Crippen molar-refractivity contribution in [1.82, 2.24) is 4.90 Å². The summed E-state index contributed by atoms with van der Waals surface area (Å²) in [5, 5.41) is 8.67. The first-order chi connectivity index (χ1) is 10.2. The molecular weight excluding hydrogens is 290 g/mol. The third kappa shape index (κ3) is 3.84. The highest BCUT2D eigenvalue weighted by Crippen LogP contribution is 2.23. The molecule has 21 heavy (non-hydrogen) atoms. The maximum atomic E-state index is 12.3. The Bertz CT molecular complexity index is 584. The van der Waals surface area contributed by atoms with Gasteiger partial charge < -0.3 is 14.7 Å². The van der Waals surface area contributed by atoms with E-state index < -0.39 is 0 Å². The van der Waals surface area contributed by atoms with Crippen LogP contribution < -0.4 is 0 Å². The number of nitrogens with zero attached hydrogens (tertiary/aromatic N) is 1. The number of ether oxygens (including phenoxy) is 1. The first-order valence-corrected chi connectivity index (χ1v) is 7.54. The van der Waals surface area contributed by atoms with Gasteiger partial charge >= 0.3 is 5.97 Å². The molecule has 0 bridgehead atoms. The predicted octanol–water partition coefficient (Wildman–Crippen LogP) is 1.12. The largest absolute Gasteiger partial charge is 0.469 e. The molecule has 1 aliphatic heterocycles. The Morgan fingerprint density at radius 1 is 1.52 bits per heavy atom. The molecule has 112 valence electrons. The van der Waals surface area contributed by atoms with Crippen LogP contribution in [0.15, 0.2) is 12.1 Å². The van der Waals surface area contributed by atoms with E-state index in [1.807, 2.05) is 0 Å². The molecule has 2 rings (SSSR count).